The highest BCUT2D eigenvalue weighted by Crippen LogP contribution is 2.23. The maximum absolute atomic E-state index is 11.9. The number of hydrogen-bond donors (Lipinski definition) is 1. The summed E-state index contributed by atoms with van der Waals surface area (Å²) in [4.78, 5) is 5.15. The SMILES string of the molecule is Cc1ccc(CNc2nc(-c3cccs3)nn2S(C)(=O)=O)cc1. The van der Waals surface area contributed by atoms with Gasteiger partial charge in [0.2, 0.25) is 5.95 Å². The van der Waals surface area contributed by atoms with E-state index in [9.17, 15) is 8.42 Å². The summed E-state index contributed by atoms with van der Waals surface area (Å²) in [6, 6.07) is 11.7. The van der Waals surface area contributed by atoms with Crippen LogP contribution in [0.2, 0.25) is 0 Å². The monoisotopic (exact) mass is 348 g/mol. The quantitative estimate of drug-likeness (QED) is 0.767. The Bertz CT molecular complexity index is 898. The van der Waals surface area contributed by atoms with Gasteiger partial charge >= 0.3 is 0 Å². The van der Waals surface area contributed by atoms with Gasteiger partial charge in [-0.05, 0) is 23.9 Å². The highest BCUT2D eigenvalue weighted by atomic mass is 32.2. The van der Waals surface area contributed by atoms with Crippen molar-refractivity contribution in [3.63, 3.8) is 0 Å². The summed E-state index contributed by atoms with van der Waals surface area (Å²) in [7, 11) is -3.53. The Hall–Kier alpha value is -2.19. The van der Waals surface area contributed by atoms with Crippen molar-refractivity contribution < 1.29 is 8.42 Å². The molecule has 0 fully saturated rings. The number of nitrogens with one attached hydrogen (secondary N) is 1. The molecule has 0 saturated carbocycles. The summed E-state index contributed by atoms with van der Waals surface area (Å²) in [5.41, 5.74) is 2.21. The molecule has 6 nitrogen and oxygen atoms in total. The van der Waals surface area contributed by atoms with Gasteiger partial charge in [-0.25, -0.2) is 8.42 Å². The maximum Gasteiger partial charge on any atom is 0.254 e. The molecule has 1 aromatic carbocycles. The van der Waals surface area contributed by atoms with Crippen molar-refractivity contribution in [2.75, 3.05) is 11.6 Å². The molecule has 3 aromatic rings. The van der Waals surface area contributed by atoms with E-state index in [0.29, 0.717) is 12.4 Å². The zero-order valence-electron chi connectivity index (χ0n) is 12.7. The minimum atomic E-state index is -3.53. The fraction of sp³-hybridized carbons (Fsp3) is 0.200. The molecule has 8 heteroatoms. The Morgan fingerprint density at radius 1 is 1.22 bits per heavy atom. The lowest BCUT2D eigenvalue weighted by molar-refractivity contribution is 0.587. The molecule has 0 amide bonds. The van der Waals surface area contributed by atoms with E-state index in [2.05, 4.69) is 15.4 Å². The highest BCUT2D eigenvalue weighted by Gasteiger charge is 2.18. The van der Waals surface area contributed by atoms with Crippen molar-refractivity contribution in [1.82, 2.24) is 14.2 Å². The third-order valence-electron chi connectivity index (χ3n) is 3.21. The number of benzene rings is 1. The molecule has 0 aliphatic carbocycles. The average molecular weight is 348 g/mol. The molecule has 0 spiro atoms. The minimum Gasteiger partial charge on any atom is -0.349 e. The summed E-state index contributed by atoms with van der Waals surface area (Å²) in [5.74, 6) is 0.619. The Labute approximate surface area is 138 Å². The highest BCUT2D eigenvalue weighted by molar-refractivity contribution is 7.89. The van der Waals surface area contributed by atoms with Crippen LogP contribution in [0.4, 0.5) is 5.95 Å². The Balaban J connectivity index is 1.89. The van der Waals surface area contributed by atoms with Gasteiger partial charge in [-0.2, -0.15) is 4.98 Å². The van der Waals surface area contributed by atoms with Crippen molar-refractivity contribution >= 4 is 27.3 Å². The second kappa shape index (κ2) is 6.13. The first-order valence-corrected chi connectivity index (χ1v) is 9.67. The minimum absolute atomic E-state index is 0.219. The second-order valence-electron chi connectivity index (χ2n) is 5.18. The van der Waals surface area contributed by atoms with E-state index in [1.807, 2.05) is 48.7 Å². The van der Waals surface area contributed by atoms with Gasteiger partial charge in [0.15, 0.2) is 5.82 Å². The van der Waals surface area contributed by atoms with Crippen LogP contribution >= 0.6 is 11.3 Å². The first-order chi connectivity index (χ1) is 10.9. The Morgan fingerprint density at radius 3 is 2.57 bits per heavy atom. The molecule has 0 saturated heterocycles. The second-order valence-corrected chi connectivity index (χ2v) is 7.94. The molecule has 0 bridgehead atoms. The standard InChI is InChI=1S/C15H16N4O2S2/c1-11-5-7-12(8-6-11)10-16-15-17-14(13-4-3-9-22-13)18-19(15)23(2,20)21/h3-9H,10H2,1-2H3,(H,16,17,18). The molecule has 0 aliphatic heterocycles. The van der Waals surface area contributed by atoms with E-state index in [4.69, 9.17) is 0 Å². The van der Waals surface area contributed by atoms with Crippen molar-refractivity contribution in [1.29, 1.82) is 0 Å². The van der Waals surface area contributed by atoms with Gasteiger partial charge in [-0.1, -0.05) is 35.9 Å². The number of aryl methyl sites for hydroxylation is 1. The molecule has 1 N–H and O–H groups in total. The first-order valence-electron chi connectivity index (χ1n) is 6.94. The van der Waals surface area contributed by atoms with E-state index < -0.39 is 10.0 Å². The van der Waals surface area contributed by atoms with Gasteiger partial charge in [0.25, 0.3) is 10.0 Å². The third-order valence-corrected chi connectivity index (χ3v) is 4.95. The molecule has 0 unspecified atom stereocenters. The van der Waals surface area contributed by atoms with Gasteiger partial charge in [0.1, 0.15) is 0 Å². The van der Waals surface area contributed by atoms with Crippen LogP contribution in [0.1, 0.15) is 11.1 Å². The number of anilines is 1. The van der Waals surface area contributed by atoms with Crippen molar-refractivity contribution in [3.8, 4) is 10.7 Å². The number of thiophene rings is 1. The van der Waals surface area contributed by atoms with Crippen LogP contribution in [0, 0.1) is 6.92 Å². The normalized spacial score (nSPS) is 11.6. The predicted octanol–water partition coefficient (Wildman–Crippen LogP) is 2.73. The van der Waals surface area contributed by atoms with E-state index in [0.717, 1.165) is 20.8 Å². The van der Waals surface area contributed by atoms with E-state index in [1.165, 1.54) is 16.9 Å². The summed E-state index contributed by atoms with van der Waals surface area (Å²) < 4.78 is 24.8. The Kier molecular flexibility index (Phi) is 4.18. The lowest BCUT2D eigenvalue weighted by atomic mass is 10.1. The van der Waals surface area contributed by atoms with Crippen molar-refractivity contribution in [2.24, 2.45) is 0 Å². The largest absolute Gasteiger partial charge is 0.349 e. The van der Waals surface area contributed by atoms with Crippen LogP contribution in [0.15, 0.2) is 41.8 Å². The van der Waals surface area contributed by atoms with Crippen LogP contribution < -0.4 is 5.32 Å². The molecular weight excluding hydrogens is 332 g/mol. The van der Waals surface area contributed by atoms with Crippen molar-refractivity contribution in [2.45, 2.75) is 13.5 Å². The molecule has 120 valence electrons. The van der Waals surface area contributed by atoms with Crippen LogP contribution in [-0.2, 0) is 16.6 Å². The molecule has 0 atom stereocenters. The predicted molar refractivity (Wildman–Crippen MR) is 92.1 cm³/mol. The average Bonchev–Trinajstić information content (AvgIpc) is 3.15. The number of hydrogen-bond acceptors (Lipinski definition) is 6. The smallest absolute Gasteiger partial charge is 0.254 e. The molecule has 0 radical (unpaired) electrons. The summed E-state index contributed by atoms with van der Waals surface area (Å²) in [6.45, 7) is 2.49. The van der Waals surface area contributed by atoms with Gasteiger partial charge < -0.3 is 5.32 Å². The van der Waals surface area contributed by atoms with E-state index in [1.54, 1.807) is 0 Å². The first kappa shape index (κ1) is 15.7. The fourth-order valence-electron chi connectivity index (χ4n) is 2.03. The summed E-state index contributed by atoms with van der Waals surface area (Å²) >= 11 is 1.46. The van der Waals surface area contributed by atoms with Crippen LogP contribution in [-0.4, -0.2) is 28.8 Å². The molecule has 23 heavy (non-hydrogen) atoms. The fourth-order valence-corrected chi connectivity index (χ4v) is 3.33. The van der Waals surface area contributed by atoms with Crippen LogP contribution in [0.3, 0.4) is 0 Å². The van der Waals surface area contributed by atoms with E-state index >= 15 is 0 Å². The lowest BCUT2D eigenvalue weighted by Gasteiger charge is -2.06. The maximum atomic E-state index is 11.9. The van der Waals surface area contributed by atoms with Crippen LogP contribution in [0.25, 0.3) is 10.7 Å². The number of aromatic nitrogens is 3. The Morgan fingerprint density at radius 2 is 1.96 bits per heavy atom. The summed E-state index contributed by atoms with van der Waals surface area (Å²) in [6.07, 6.45) is 1.11. The third kappa shape index (κ3) is 3.59. The molecule has 2 heterocycles. The number of rotatable bonds is 5. The molecular formula is C15H16N4O2S2. The zero-order valence-corrected chi connectivity index (χ0v) is 14.4. The van der Waals surface area contributed by atoms with Crippen LogP contribution in [0.5, 0.6) is 0 Å². The van der Waals surface area contributed by atoms with Gasteiger partial charge in [-0.3, -0.25) is 0 Å². The van der Waals surface area contributed by atoms with Gasteiger partial charge in [0, 0.05) is 6.54 Å². The topological polar surface area (TPSA) is 76.9 Å². The number of nitrogens with zero attached hydrogens (tertiary/aromatic N) is 3. The zero-order chi connectivity index (χ0) is 16.4. The molecule has 2 aromatic heterocycles. The van der Waals surface area contributed by atoms with Gasteiger partial charge in [-0.15, -0.1) is 20.5 Å². The van der Waals surface area contributed by atoms with Crippen molar-refractivity contribution in [3.05, 3.63) is 52.9 Å². The van der Waals surface area contributed by atoms with E-state index in [-0.39, 0.29) is 5.95 Å². The van der Waals surface area contributed by atoms with Gasteiger partial charge in [0.05, 0.1) is 11.1 Å². The lowest BCUT2D eigenvalue weighted by Crippen LogP contribution is -2.16. The molecule has 3 rings (SSSR count). The molecule has 0 aliphatic rings. The summed E-state index contributed by atoms with van der Waals surface area (Å²) in [5, 5.41) is 9.07.